The molecule has 0 spiro atoms. The summed E-state index contributed by atoms with van der Waals surface area (Å²) in [6.45, 7) is 3.24. The SMILES string of the molecule is C=CC(=O)Nc1ccc(N)c(S(=O)(=O)O)c1. The Bertz CT molecular complexity index is 536. The van der Waals surface area contributed by atoms with Gasteiger partial charge in [-0.15, -0.1) is 0 Å². The maximum absolute atomic E-state index is 11.0. The van der Waals surface area contributed by atoms with Gasteiger partial charge in [0.1, 0.15) is 4.90 Å². The summed E-state index contributed by atoms with van der Waals surface area (Å²) in [6.07, 6.45) is 1.03. The number of anilines is 2. The largest absolute Gasteiger partial charge is 0.398 e. The highest BCUT2D eigenvalue weighted by Crippen LogP contribution is 2.22. The lowest BCUT2D eigenvalue weighted by Gasteiger charge is -2.06. The molecular weight excluding hydrogens is 232 g/mol. The number of benzene rings is 1. The van der Waals surface area contributed by atoms with Crippen LogP contribution in [-0.2, 0) is 14.9 Å². The molecule has 1 amide bonds. The van der Waals surface area contributed by atoms with Crippen LogP contribution in [0.25, 0.3) is 0 Å². The van der Waals surface area contributed by atoms with Crippen LogP contribution in [0.4, 0.5) is 11.4 Å². The maximum atomic E-state index is 11.0. The minimum atomic E-state index is -4.40. The van der Waals surface area contributed by atoms with Crippen LogP contribution < -0.4 is 11.1 Å². The van der Waals surface area contributed by atoms with E-state index in [9.17, 15) is 13.2 Å². The third kappa shape index (κ3) is 2.81. The fourth-order valence-corrected chi connectivity index (χ4v) is 1.67. The average Bonchev–Trinajstić information content (AvgIpc) is 2.19. The van der Waals surface area contributed by atoms with E-state index in [-0.39, 0.29) is 11.4 Å². The van der Waals surface area contributed by atoms with Crippen LogP contribution in [0, 0.1) is 0 Å². The summed E-state index contributed by atoms with van der Waals surface area (Å²) < 4.78 is 30.7. The summed E-state index contributed by atoms with van der Waals surface area (Å²) in [5, 5.41) is 2.34. The van der Waals surface area contributed by atoms with Gasteiger partial charge in [-0.1, -0.05) is 6.58 Å². The summed E-state index contributed by atoms with van der Waals surface area (Å²) in [4.78, 5) is 10.5. The summed E-state index contributed by atoms with van der Waals surface area (Å²) >= 11 is 0. The average molecular weight is 242 g/mol. The van der Waals surface area contributed by atoms with E-state index in [1.165, 1.54) is 12.1 Å². The molecule has 0 saturated carbocycles. The van der Waals surface area contributed by atoms with Crippen LogP contribution in [0.5, 0.6) is 0 Å². The van der Waals surface area contributed by atoms with Gasteiger partial charge in [-0.2, -0.15) is 8.42 Å². The molecule has 7 heteroatoms. The number of carbonyl (C=O) groups is 1. The van der Waals surface area contributed by atoms with E-state index in [0.29, 0.717) is 0 Å². The van der Waals surface area contributed by atoms with Crippen LogP contribution in [0.15, 0.2) is 35.7 Å². The van der Waals surface area contributed by atoms with Gasteiger partial charge in [0.25, 0.3) is 10.1 Å². The number of carbonyl (C=O) groups excluding carboxylic acids is 1. The highest BCUT2D eigenvalue weighted by atomic mass is 32.2. The number of nitrogens with one attached hydrogen (secondary N) is 1. The molecule has 86 valence electrons. The second-order valence-corrected chi connectivity index (χ2v) is 4.31. The molecule has 1 rings (SSSR count). The van der Waals surface area contributed by atoms with Crippen molar-refractivity contribution in [2.75, 3.05) is 11.1 Å². The molecule has 1 aromatic rings. The number of rotatable bonds is 3. The van der Waals surface area contributed by atoms with E-state index >= 15 is 0 Å². The van der Waals surface area contributed by atoms with E-state index in [1.807, 2.05) is 0 Å². The van der Waals surface area contributed by atoms with Crippen LogP contribution in [0.2, 0.25) is 0 Å². The number of nitrogen functional groups attached to an aromatic ring is 1. The summed E-state index contributed by atoms with van der Waals surface area (Å²) in [5.74, 6) is -0.494. The zero-order valence-corrected chi connectivity index (χ0v) is 8.99. The Balaban J connectivity index is 3.18. The lowest BCUT2D eigenvalue weighted by molar-refractivity contribution is -0.111. The van der Waals surface area contributed by atoms with Crippen molar-refractivity contribution in [2.24, 2.45) is 0 Å². The quantitative estimate of drug-likeness (QED) is 0.409. The lowest BCUT2D eigenvalue weighted by atomic mass is 10.3. The summed E-state index contributed by atoms with van der Waals surface area (Å²) in [6, 6.07) is 3.74. The Morgan fingerprint density at radius 1 is 1.50 bits per heavy atom. The van der Waals surface area contributed by atoms with Crippen LogP contribution in [0.3, 0.4) is 0 Å². The van der Waals surface area contributed by atoms with Gasteiger partial charge in [0.05, 0.1) is 5.69 Å². The first kappa shape index (κ1) is 12.2. The first-order valence-electron chi connectivity index (χ1n) is 4.15. The number of nitrogens with two attached hydrogens (primary N) is 1. The Labute approximate surface area is 92.5 Å². The van der Waals surface area contributed by atoms with Gasteiger partial charge in [-0.25, -0.2) is 0 Å². The third-order valence-corrected chi connectivity index (χ3v) is 2.65. The maximum Gasteiger partial charge on any atom is 0.296 e. The van der Waals surface area contributed by atoms with E-state index in [2.05, 4.69) is 11.9 Å². The molecule has 0 aliphatic heterocycles. The molecule has 0 atom stereocenters. The standard InChI is InChI=1S/C9H10N2O4S/c1-2-9(12)11-6-3-4-7(10)8(5-6)16(13,14)15/h2-5H,1,10H2,(H,11,12)(H,13,14,15). The topological polar surface area (TPSA) is 109 Å². The normalized spacial score (nSPS) is 10.8. The second kappa shape index (κ2) is 4.33. The van der Waals surface area contributed by atoms with Crippen molar-refractivity contribution in [3.05, 3.63) is 30.9 Å². The van der Waals surface area contributed by atoms with Gasteiger partial charge >= 0.3 is 0 Å². The van der Waals surface area contributed by atoms with Crippen molar-refractivity contribution in [3.8, 4) is 0 Å². The molecule has 0 fully saturated rings. The fourth-order valence-electron chi connectivity index (χ4n) is 1.03. The molecule has 0 aliphatic carbocycles. The number of hydrogen-bond acceptors (Lipinski definition) is 4. The first-order chi connectivity index (χ1) is 7.34. The van der Waals surface area contributed by atoms with Gasteiger partial charge < -0.3 is 11.1 Å². The lowest BCUT2D eigenvalue weighted by Crippen LogP contribution is -2.09. The highest BCUT2D eigenvalue weighted by Gasteiger charge is 2.14. The molecule has 16 heavy (non-hydrogen) atoms. The van der Waals surface area contributed by atoms with E-state index in [4.69, 9.17) is 10.3 Å². The molecular formula is C9H10N2O4S. The van der Waals surface area contributed by atoms with Crippen LogP contribution in [-0.4, -0.2) is 18.9 Å². The molecule has 0 radical (unpaired) electrons. The van der Waals surface area contributed by atoms with Crippen molar-refractivity contribution in [1.82, 2.24) is 0 Å². The van der Waals surface area contributed by atoms with E-state index < -0.39 is 20.9 Å². The highest BCUT2D eigenvalue weighted by molar-refractivity contribution is 7.86. The van der Waals surface area contributed by atoms with Crippen molar-refractivity contribution in [1.29, 1.82) is 0 Å². The molecule has 6 nitrogen and oxygen atoms in total. The van der Waals surface area contributed by atoms with Gasteiger partial charge in [0.2, 0.25) is 5.91 Å². The van der Waals surface area contributed by atoms with Crippen molar-refractivity contribution in [3.63, 3.8) is 0 Å². The monoisotopic (exact) mass is 242 g/mol. The predicted octanol–water partition coefficient (Wildman–Crippen LogP) is 0.640. The molecule has 0 aliphatic rings. The minimum Gasteiger partial charge on any atom is -0.398 e. The summed E-state index contributed by atoms with van der Waals surface area (Å²) in [5.41, 5.74) is 5.47. The fraction of sp³-hybridized carbons (Fsp3) is 0. The Morgan fingerprint density at radius 2 is 2.12 bits per heavy atom. The van der Waals surface area contributed by atoms with Gasteiger partial charge in [0, 0.05) is 5.69 Å². The molecule has 4 N–H and O–H groups in total. The molecule has 0 unspecified atom stereocenters. The molecule has 0 bridgehead atoms. The van der Waals surface area contributed by atoms with E-state index in [0.717, 1.165) is 12.1 Å². The number of hydrogen-bond donors (Lipinski definition) is 3. The minimum absolute atomic E-state index is 0.0981. The zero-order chi connectivity index (χ0) is 12.3. The molecule has 0 saturated heterocycles. The first-order valence-corrected chi connectivity index (χ1v) is 5.59. The molecule has 1 aromatic carbocycles. The Hall–Kier alpha value is -1.86. The van der Waals surface area contributed by atoms with Crippen molar-refractivity contribution in [2.45, 2.75) is 4.90 Å². The van der Waals surface area contributed by atoms with Crippen molar-refractivity contribution < 1.29 is 17.8 Å². The molecule has 0 heterocycles. The number of amides is 1. The van der Waals surface area contributed by atoms with Gasteiger partial charge in [-0.3, -0.25) is 9.35 Å². The summed E-state index contributed by atoms with van der Waals surface area (Å²) in [7, 11) is -4.40. The molecule has 0 aromatic heterocycles. The Morgan fingerprint density at radius 3 is 2.62 bits per heavy atom. The Kier molecular flexibility index (Phi) is 3.31. The smallest absolute Gasteiger partial charge is 0.296 e. The third-order valence-electron chi connectivity index (χ3n) is 1.74. The second-order valence-electron chi connectivity index (χ2n) is 2.92. The van der Waals surface area contributed by atoms with Gasteiger partial charge in [-0.05, 0) is 24.3 Å². The van der Waals surface area contributed by atoms with E-state index in [1.54, 1.807) is 0 Å². The zero-order valence-electron chi connectivity index (χ0n) is 8.17. The van der Waals surface area contributed by atoms with Crippen LogP contribution >= 0.6 is 0 Å². The van der Waals surface area contributed by atoms with Crippen LogP contribution in [0.1, 0.15) is 0 Å². The van der Waals surface area contributed by atoms with Gasteiger partial charge in [0.15, 0.2) is 0 Å². The predicted molar refractivity (Wildman–Crippen MR) is 59.5 cm³/mol. The van der Waals surface area contributed by atoms with Crippen molar-refractivity contribution >= 4 is 27.4 Å².